The number of carbonyl (C=O) groups excluding carboxylic acids is 1. The summed E-state index contributed by atoms with van der Waals surface area (Å²) in [6.45, 7) is 1.12. The smallest absolute Gasteiger partial charge is 0.234 e. The zero-order valence-electron chi connectivity index (χ0n) is 11.1. The molecule has 6 heteroatoms. The Labute approximate surface area is 124 Å². The van der Waals surface area contributed by atoms with Crippen LogP contribution in [0.25, 0.3) is 0 Å². The van der Waals surface area contributed by atoms with Crippen molar-refractivity contribution in [2.75, 3.05) is 19.6 Å². The summed E-state index contributed by atoms with van der Waals surface area (Å²) in [6.07, 6.45) is 1.45. The van der Waals surface area contributed by atoms with Crippen molar-refractivity contribution in [3.05, 3.63) is 35.6 Å². The third-order valence-electron chi connectivity index (χ3n) is 3.17. The summed E-state index contributed by atoms with van der Waals surface area (Å²) in [5.74, 6) is 0.0731. The molecule has 1 aliphatic carbocycles. The fraction of sp³-hybridized carbons (Fsp3) is 0.500. The van der Waals surface area contributed by atoms with Crippen LogP contribution in [0.2, 0.25) is 0 Å². The van der Waals surface area contributed by atoms with Crippen LogP contribution in [-0.2, 0) is 4.79 Å². The van der Waals surface area contributed by atoms with Crippen molar-refractivity contribution in [2.24, 2.45) is 5.92 Å². The van der Waals surface area contributed by atoms with E-state index in [-0.39, 0.29) is 37.0 Å². The van der Waals surface area contributed by atoms with Crippen molar-refractivity contribution in [3.63, 3.8) is 0 Å². The molecule has 1 aliphatic rings. The first-order chi connectivity index (χ1) is 9.16. The van der Waals surface area contributed by atoms with Crippen LogP contribution in [0.4, 0.5) is 4.39 Å². The first-order valence-electron chi connectivity index (χ1n) is 6.56. The molecule has 3 N–H and O–H groups in total. The minimum Gasteiger partial charge on any atom is -0.386 e. The van der Waals surface area contributed by atoms with Gasteiger partial charge in [0.15, 0.2) is 0 Å². The zero-order chi connectivity index (χ0) is 13.7. The van der Waals surface area contributed by atoms with E-state index in [1.807, 2.05) is 0 Å². The van der Waals surface area contributed by atoms with Crippen molar-refractivity contribution in [1.82, 2.24) is 10.6 Å². The van der Waals surface area contributed by atoms with Gasteiger partial charge in [0, 0.05) is 12.1 Å². The molecule has 1 amide bonds. The largest absolute Gasteiger partial charge is 0.386 e. The second-order valence-electron chi connectivity index (χ2n) is 4.92. The van der Waals surface area contributed by atoms with Gasteiger partial charge in [-0.25, -0.2) is 4.39 Å². The third kappa shape index (κ3) is 5.45. The lowest BCUT2D eigenvalue weighted by Crippen LogP contribution is -2.36. The highest BCUT2D eigenvalue weighted by molar-refractivity contribution is 5.85. The summed E-state index contributed by atoms with van der Waals surface area (Å²) in [6, 6.07) is 6.02. The van der Waals surface area contributed by atoms with Crippen LogP contribution in [0, 0.1) is 11.7 Å². The maximum Gasteiger partial charge on any atom is 0.234 e. The summed E-state index contributed by atoms with van der Waals surface area (Å²) in [5.41, 5.74) is 0.203. The Morgan fingerprint density at radius 3 is 2.75 bits per heavy atom. The Bertz CT molecular complexity index is 441. The number of hydrogen-bond donors (Lipinski definition) is 3. The Kier molecular flexibility index (Phi) is 6.91. The van der Waals surface area contributed by atoms with E-state index in [1.54, 1.807) is 12.1 Å². The Hall–Kier alpha value is -1.17. The van der Waals surface area contributed by atoms with Gasteiger partial charge < -0.3 is 15.7 Å². The summed E-state index contributed by atoms with van der Waals surface area (Å²) < 4.78 is 13.4. The van der Waals surface area contributed by atoms with Crippen LogP contribution >= 0.6 is 12.4 Å². The molecule has 1 fully saturated rings. The van der Waals surface area contributed by atoms with Gasteiger partial charge in [0.05, 0.1) is 12.6 Å². The molecule has 1 aromatic carbocycles. The summed E-state index contributed by atoms with van der Waals surface area (Å²) in [5, 5.41) is 15.4. The minimum absolute atomic E-state index is 0. The highest BCUT2D eigenvalue weighted by Crippen LogP contribution is 2.27. The highest BCUT2D eigenvalue weighted by atomic mass is 35.5. The zero-order valence-corrected chi connectivity index (χ0v) is 12.0. The number of nitrogens with one attached hydrogen (secondary N) is 2. The lowest BCUT2D eigenvalue weighted by Gasteiger charge is -2.13. The number of hydrogen-bond acceptors (Lipinski definition) is 3. The molecule has 1 saturated carbocycles. The van der Waals surface area contributed by atoms with Gasteiger partial charge in [0.25, 0.3) is 0 Å². The second-order valence-corrected chi connectivity index (χ2v) is 4.92. The third-order valence-corrected chi connectivity index (χ3v) is 3.17. The lowest BCUT2D eigenvalue weighted by molar-refractivity contribution is -0.120. The summed E-state index contributed by atoms with van der Waals surface area (Å²) >= 11 is 0. The van der Waals surface area contributed by atoms with E-state index in [0.717, 1.165) is 12.5 Å². The fourth-order valence-electron chi connectivity index (χ4n) is 1.84. The van der Waals surface area contributed by atoms with Crippen molar-refractivity contribution in [2.45, 2.75) is 18.9 Å². The molecule has 112 valence electrons. The number of rotatable bonds is 7. The van der Waals surface area contributed by atoms with Gasteiger partial charge in [-0.1, -0.05) is 18.2 Å². The van der Waals surface area contributed by atoms with E-state index in [4.69, 9.17) is 0 Å². The molecule has 0 heterocycles. The Morgan fingerprint density at radius 2 is 2.10 bits per heavy atom. The Balaban J connectivity index is 0.00000200. The molecule has 0 aromatic heterocycles. The molecule has 0 bridgehead atoms. The average molecular weight is 303 g/mol. The van der Waals surface area contributed by atoms with Gasteiger partial charge in [-0.2, -0.15) is 0 Å². The minimum atomic E-state index is -1.02. The topological polar surface area (TPSA) is 61.4 Å². The number of carbonyl (C=O) groups is 1. The molecule has 20 heavy (non-hydrogen) atoms. The highest BCUT2D eigenvalue weighted by Gasteiger charge is 2.20. The normalized spacial score (nSPS) is 15.3. The monoisotopic (exact) mass is 302 g/mol. The lowest BCUT2D eigenvalue weighted by atomic mass is 10.1. The average Bonchev–Trinajstić information content (AvgIpc) is 3.20. The van der Waals surface area contributed by atoms with E-state index < -0.39 is 11.9 Å². The van der Waals surface area contributed by atoms with Crippen molar-refractivity contribution in [1.29, 1.82) is 0 Å². The first-order valence-corrected chi connectivity index (χ1v) is 6.56. The molecule has 0 aliphatic heterocycles. The molecule has 4 nitrogen and oxygen atoms in total. The van der Waals surface area contributed by atoms with Crippen LogP contribution < -0.4 is 10.6 Å². The van der Waals surface area contributed by atoms with Crippen LogP contribution in [0.15, 0.2) is 24.3 Å². The predicted octanol–water partition coefficient (Wildman–Crippen LogP) is 1.40. The van der Waals surface area contributed by atoms with E-state index in [1.165, 1.54) is 25.0 Å². The fourth-order valence-corrected chi connectivity index (χ4v) is 1.84. The van der Waals surface area contributed by atoms with Gasteiger partial charge >= 0.3 is 0 Å². The van der Waals surface area contributed by atoms with Crippen LogP contribution in [0.1, 0.15) is 24.5 Å². The van der Waals surface area contributed by atoms with Crippen molar-refractivity contribution in [3.8, 4) is 0 Å². The van der Waals surface area contributed by atoms with Crippen molar-refractivity contribution < 1.29 is 14.3 Å². The molecule has 0 saturated heterocycles. The number of benzene rings is 1. The molecule has 2 rings (SSSR count). The van der Waals surface area contributed by atoms with Gasteiger partial charge in [-0.05, 0) is 31.4 Å². The molecular weight excluding hydrogens is 283 g/mol. The standard InChI is InChI=1S/C14H19FN2O2.ClH/c15-12-4-2-1-3-11(12)13(18)8-17-14(19)9-16-7-10-5-6-10;/h1-4,10,13,16,18H,5-9H2,(H,17,19);1H. The van der Waals surface area contributed by atoms with Crippen LogP contribution in [0.3, 0.4) is 0 Å². The molecular formula is C14H20ClFN2O2. The number of aliphatic hydroxyl groups is 1. The number of aliphatic hydroxyl groups excluding tert-OH is 1. The molecule has 0 radical (unpaired) electrons. The van der Waals surface area contributed by atoms with Crippen LogP contribution in [0.5, 0.6) is 0 Å². The molecule has 1 unspecified atom stereocenters. The van der Waals surface area contributed by atoms with E-state index in [9.17, 15) is 14.3 Å². The summed E-state index contributed by atoms with van der Waals surface area (Å²) in [4.78, 5) is 11.5. The Morgan fingerprint density at radius 1 is 1.40 bits per heavy atom. The number of amides is 1. The van der Waals surface area contributed by atoms with E-state index >= 15 is 0 Å². The molecule has 1 atom stereocenters. The SMILES string of the molecule is Cl.O=C(CNCC1CC1)NCC(O)c1ccccc1F. The first kappa shape index (κ1) is 16.9. The molecule has 1 aromatic rings. The van der Waals surface area contributed by atoms with Gasteiger partial charge in [0.2, 0.25) is 5.91 Å². The maximum atomic E-state index is 13.4. The summed E-state index contributed by atoms with van der Waals surface area (Å²) in [7, 11) is 0. The van der Waals surface area contributed by atoms with E-state index in [0.29, 0.717) is 0 Å². The molecule has 0 spiro atoms. The second kappa shape index (κ2) is 8.19. The predicted molar refractivity (Wildman–Crippen MR) is 77.2 cm³/mol. The van der Waals surface area contributed by atoms with Gasteiger partial charge in [0.1, 0.15) is 5.82 Å². The number of halogens is 2. The van der Waals surface area contributed by atoms with Gasteiger partial charge in [-0.3, -0.25) is 4.79 Å². The maximum absolute atomic E-state index is 13.4. The van der Waals surface area contributed by atoms with Crippen LogP contribution in [-0.4, -0.2) is 30.6 Å². The quantitative estimate of drug-likeness (QED) is 0.713. The van der Waals surface area contributed by atoms with Gasteiger partial charge in [-0.15, -0.1) is 12.4 Å². The van der Waals surface area contributed by atoms with Crippen molar-refractivity contribution >= 4 is 18.3 Å². The van der Waals surface area contributed by atoms with E-state index in [2.05, 4.69) is 10.6 Å².